The van der Waals surface area contributed by atoms with E-state index in [0.29, 0.717) is 20.7 Å². The maximum atomic E-state index is 12.9. The summed E-state index contributed by atoms with van der Waals surface area (Å²) in [6.45, 7) is 0. The number of nitrogens with one attached hydrogen (secondary N) is 1. The third-order valence-electron chi connectivity index (χ3n) is 3.78. The number of aromatic hydroxyl groups is 1. The van der Waals surface area contributed by atoms with E-state index in [-0.39, 0.29) is 22.2 Å². The van der Waals surface area contributed by atoms with Gasteiger partial charge in [-0.15, -0.1) is 0 Å². The zero-order valence-electron chi connectivity index (χ0n) is 13.8. The highest BCUT2D eigenvalue weighted by Gasteiger charge is 2.34. The van der Waals surface area contributed by atoms with Gasteiger partial charge in [0.25, 0.3) is 11.8 Å². The smallest absolute Gasteiger partial charge is 0.270 e. The van der Waals surface area contributed by atoms with Gasteiger partial charge >= 0.3 is 0 Å². The summed E-state index contributed by atoms with van der Waals surface area (Å²) in [4.78, 5) is 26.5. The first kappa shape index (κ1) is 19.3. The van der Waals surface area contributed by atoms with Gasteiger partial charge in [0, 0.05) is 9.50 Å². The standard InChI is InChI=1S/C18H12BrClN2O4S/c1-26-15-8-13(19)9(7-14(15)23)6-12-16(24)21-18(27)22(17(12)25)11-4-2-10(20)3-5-11/h2-8,23H,1H3,(H,21,24,27). The Bertz CT molecular complexity index is 992. The molecule has 0 atom stereocenters. The van der Waals surface area contributed by atoms with Crippen molar-refractivity contribution in [1.29, 1.82) is 0 Å². The number of carbonyl (C=O) groups excluding carboxylic acids is 2. The van der Waals surface area contributed by atoms with E-state index < -0.39 is 11.8 Å². The molecule has 0 unspecified atom stereocenters. The highest BCUT2D eigenvalue weighted by Crippen LogP contribution is 2.34. The lowest BCUT2D eigenvalue weighted by Crippen LogP contribution is -2.54. The molecule has 0 bridgehead atoms. The molecule has 2 aromatic rings. The first-order chi connectivity index (χ1) is 12.8. The zero-order valence-corrected chi connectivity index (χ0v) is 17.0. The first-order valence-corrected chi connectivity index (χ1v) is 9.13. The van der Waals surface area contributed by atoms with Crippen molar-refractivity contribution in [2.45, 2.75) is 0 Å². The van der Waals surface area contributed by atoms with Crippen molar-refractivity contribution >= 4 is 68.4 Å². The van der Waals surface area contributed by atoms with Gasteiger partial charge < -0.3 is 9.84 Å². The van der Waals surface area contributed by atoms with Gasteiger partial charge in [-0.05, 0) is 60.3 Å². The van der Waals surface area contributed by atoms with E-state index in [1.807, 2.05) is 0 Å². The minimum atomic E-state index is -0.627. The van der Waals surface area contributed by atoms with Gasteiger partial charge in [-0.2, -0.15) is 0 Å². The van der Waals surface area contributed by atoms with Crippen LogP contribution in [0.15, 0.2) is 46.4 Å². The molecule has 0 aliphatic carbocycles. The van der Waals surface area contributed by atoms with E-state index in [0.717, 1.165) is 0 Å². The van der Waals surface area contributed by atoms with Gasteiger partial charge in [0.1, 0.15) is 5.57 Å². The van der Waals surface area contributed by atoms with Crippen LogP contribution in [0.25, 0.3) is 6.08 Å². The Morgan fingerprint density at radius 3 is 2.56 bits per heavy atom. The Hall–Kier alpha value is -2.42. The van der Waals surface area contributed by atoms with Crippen LogP contribution in [-0.4, -0.2) is 29.1 Å². The number of thiocarbonyl (C=S) groups is 1. The molecule has 0 saturated carbocycles. The molecule has 0 radical (unpaired) electrons. The van der Waals surface area contributed by atoms with Crippen LogP contribution in [0, 0.1) is 0 Å². The number of carbonyl (C=O) groups is 2. The number of methoxy groups -OCH3 is 1. The van der Waals surface area contributed by atoms with Crippen LogP contribution in [-0.2, 0) is 9.59 Å². The summed E-state index contributed by atoms with van der Waals surface area (Å²) in [6.07, 6.45) is 1.37. The predicted octanol–water partition coefficient (Wildman–Crippen LogP) is 3.65. The minimum absolute atomic E-state index is 0.0267. The van der Waals surface area contributed by atoms with Crippen LogP contribution in [0.3, 0.4) is 0 Å². The molecule has 6 nitrogen and oxygen atoms in total. The number of rotatable bonds is 3. The fraction of sp³-hybridized carbons (Fsp3) is 0.0556. The largest absolute Gasteiger partial charge is 0.504 e. The number of nitrogens with zero attached hydrogens (tertiary/aromatic N) is 1. The lowest BCUT2D eigenvalue weighted by atomic mass is 10.1. The van der Waals surface area contributed by atoms with Crippen molar-refractivity contribution < 1.29 is 19.4 Å². The number of benzene rings is 2. The number of ether oxygens (including phenoxy) is 1. The zero-order chi connectivity index (χ0) is 19.7. The van der Waals surface area contributed by atoms with Crippen molar-refractivity contribution in [3.63, 3.8) is 0 Å². The maximum absolute atomic E-state index is 12.9. The molecule has 9 heteroatoms. The monoisotopic (exact) mass is 466 g/mol. The number of hydrogen-bond donors (Lipinski definition) is 2. The fourth-order valence-electron chi connectivity index (χ4n) is 2.47. The van der Waals surface area contributed by atoms with Gasteiger partial charge in [0.2, 0.25) is 0 Å². The van der Waals surface area contributed by atoms with Gasteiger partial charge in [0.05, 0.1) is 12.8 Å². The summed E-state index contributed by atoms with van der Waals surface area (Å²) in [5.74, 6) is -1.08. The molecule has 27 heavy (non-hydrogen) atoms. The SMILES string of the molecule is COc1cc(Br)c(C=C2C(=O)NC(=S)N(c3ccc(Cl)cc3)C2=O)cc1O. The maximum Gasteiger partial charge on any atom is 0.270 e. The number of amides is 2. The van der Waals surface area contributed by atoms with Crippen LogP contribution in [0.2, 0.25) is 5.02 Å². The molecule has 1 aliphatic rings. The van der Waals surface area contributed by atoms with Gasteiger partial charge in [-0.25, -0.2) is 0 Å². The molecule has 1 fully saturated rings. The Balaban J connectivity index is 2.04. The number of halogens is 2. The highest BCUT2D eigenvalue weighted by molar-refractivity contribution is 9.10. The topological polar surface area (TPSA) is 78.9 Å². The van der Waals surface area contributed by atoms with Crippen LogP contribution in [0.1, 0.15) is 5.56 Å². The lowest BCUT2D eigenvalue weighted by molar-refractivity contribution is -0.122. The van der Waals surface area contributed by atoms with E-state index in [1.54, 1.807) is 24.3 Å². The number of phenols is 1. The van der Waals surface area contributed by atoms with E-state index in [9.17, 15) is 14.7 Å². The van der Waals surface area contributed by atoms with Crippen molar-refractivity contribution in [1.82, 2.24) is 5.32 Å². The molecule has 138 valence electrons. The molecule has 1 heterocycles. The second-order valence-corrected chi connectivity index (χ2v) is 7.16. The fourth-order valence-corrected chi connectivity index (χ4v) is 3.32. The number of anilines is 1. The molecule has 2 aromatic carbocycles. The third-order valence-corrected chi connectivity index (χ3v) is 5.01. The summed E-state index contributed by atoms with van der Waals surface area (Å²) in [5.41, 5.74) is 0.761. The molecule has 0 spiro atoms. The Morgan fingerprint density at radius 1 is 1.26 bits per heavy atom. The Morgan fingerprint density at radius 2 is 1.93 bits per heavy atom. The molecule has 2 N–H and O–H groups in total. The average Bonchev–Trinajstić information content (AvgIpc) is 2.62. The summed E-state index contributed by atoms with van der Waals surface area (Å²) in [6, 6.07) is 9.40. The molecule has 3 rings (SSSR count). The van der Waals surface area contributed by atoms with Crippen LogP contribution in [0.4, 0.5) is 5.69 Å². The van der Waals surface area contributed by atoms with Gasteiger partial charge in [-0.1, -0.05) is 27.5 Å². The second kappa shape index (κ2) is 7.67. The van der Waals surface area contributed by atoms with Crippen molar-refractivity contribution in [3.05, 3.63) is 57.0 Å². The molecular formula is C18H12BrClN2O4S. The van der Waals surface area contributed by atoms with E-state index in [2.05, 4.69) is 21.2 Å². The van der Waals surface area contributed by atoms with Gasteiger partial charge in [0.15, 0.2) is 16.6 Å². The van der Waals surface area contributed by atoms with E-state index >= 15 is 0 Å². The summed E-state index contributed by atoms with van der Waals surface area (Å²) in [5, 5.41) is 12.9. The summed E-state index contributed by atoms with van der Waals surface area (Å²) >= 11 is 14.4. The third kappa shape index (κ3) is 3.83. The number of hydrogen-bond acceptors (Lipinski definition) is 5. The first-order valence-electron chi connectivity index (χ1n) is 7.55. The lowest BCUT2D eigenvalue weighted by Gasteiger charge is -2.29. The van der Waals surface area contributed by atoms with Crippen LogP contribution < -0.4 is 15.0 Å². The van der Waals surface area contributed by atoms with Crippen molar-refractivity contribution in [3.8, 4) is 11.5 Å². The molecule has 1 saturated heterocycles. The molecule has 2 amide bonds. The average molecular weight is 468 g/mol. The molecular weight excluding hydrogens is 456 g/mol. The van der Waals surface area contributed by atoms with Crippen molar-refractivity contribution in [2.75, 3.05) is 12.0 Å². The van der Waals surface area contributed by atoms with Crippen molar-refractivity contribution in [2.24, 2.45) is 0 Å². The quantitative estimate of drug-likeness (QED) is 0.409. The molecule has 1 aliphatic heterocycles. The minimum Gasteiger partial charge on any atom is -0.504 e. The van der Waals surface area contributed by atoms with Crippen LogP contribution in [0.5, 0.6) is 11.5 Å². The summed E-state index contributed by atoms with van der Waals surface area (Å²) in [7, 11) is 1.42. The van der Waals surface area contributed by atoms with E-state index in [1.165, 1.54) is 30.2 Å². The van der Waals surface area contributed by atoms with Crippen LogP contribution >= 0.6 is 39.7 Å². The molecule has 0 aromatic heterocycles. The normalized spacial score (nSPS) is 15.9. The highest BCUT2D eigenvalue weighted by atomic mass is 79.9. The van der Waals surface area contributed by atoms with Gasteiger partial charge in [-0.3, -0.25) is 19.8 Å². The summed E-state index contributed by atoms with van der Waals surface area (Å²) < 4.78 is 5.57. The second-order valence-electron chi connectivity index (χ2n) is 5.48. The Labute approximate surface area is 173 Å². The number of phenolic OH excluding ortho intramolecular Hbond substituents is 1. The Kier molecular flexibility index (Phi) is 5.50. The predicted molar refractivity (Wildman–Crippen MR) is 110 cm³/mol. The van der Waals surface area contributed by atoms with E-state index in [4.69, 9.17) is 28.6 Å².